The fourth-order valence-electron chi connectivity index (χ4n) is 1.62. The fourth-order valence-corrected chi connectivity index (χ4v) is 2.71. The van der Waals surface area contributed by atoms with Gasteiger partial charge >= 0.3 is 0 Å². The molecule has 1 rings (SSSR count). The Balaban J connectivity index is 0.00000361. The molecule has 0 radical (unpaired) electrons. The highest BCUT2D eigenvalue weighted by Crippen LogP contribution is 2.16. The Labute approximate surface area is 126 Å². The number of amides is 1. The standard InChI is InChI=1S/C13H20N2O3S.ClH/c1-3-14-9-10-15-13(16)11-7-5-6-8-12(11)19(17,18)4-2;/h5-8,14H,3-4,9-10H2,1-2H3,(H,15,16);1H. The minimum absolute atomic E-state index is 0. The van der Waals surface area contributed by atoms with E-state index in [1.54, 1.807) is 19.1 Å². The zero-order valence-corrected chi connectivity index (χ0v) is 13.3. The van der Waals surface area contributed by atoms with Gasteiger partial charge in [0.1, 0.15) is 0 Å². The summed E-state index contributed by atoms with van der Waals surface area (Å²) in [7, 11) is -3.39. The van der Waals surface area contributed by atoms with Gasteiger partial charge in [-0.2, -0.15) is 0 Å². The zero-order valence-electron chi connectivity index (χ0n) is 11.7. The fraction of sp³-hybridized carbons (Fsp3) is 0.462. The van der Waals surface area contributed by atoms with E-state index in [4.69, 9.17) is 0 Å². The van der Waals surface area contributed by atoms with Crippen molar-refractivity contribution in [3.63, 3.8) is 0 Å². The van der Waals surface area contributed by atoms with E-state index in [9.17, 15) is 13.2 Å². The summed E-state index contributed by atoms with van der Waals surface area (Å²) in [4.78, 5) is 12.1. The van der Waals surface area contributed by atoms with Crippen LogP contribution in [0.25, 0.3) is 0 Å². The van der Waals surface area contributed by atoms with E-state index in [2.05, 4.69) is 10.6 Å². The average Bonchev–Trinajstić information content (AvgIpc) is 2.43. The maximum atomic E-state index is 12.0. The monoisotopic (exact) mass is 320 g/mol. The molecule has 0 saturated carbocycles. The Kier molecular flexibility index (Phi) is 8.45. The molecule has 5 nitrogen and oxygen atoms in total. The summed E-state index contributed by atoms with van der Waals surface area (Å²) < 4.78 is 23.8. The second-order valence-electron chi connectivity index (χ2n) is 4.01. The number of hydrogen-bond acceptors (Lipinski definition) is 4. The number of carbonyl (C=O) groups is 1. The van der Waals surface area contributed by atoms with Crippen LogP contribution in [-0.4, -0.2) is 39.7 Å². The van der Waals surface area contributed by atoms with Gasteiger partial charge in [0.2, 0.25) is 0 Å². The zero-order chi connectivity index (χ0) is 14.3. The number of rotatable bonds is 7. The Morgan fingerprint density at radius 2 is 1.80 bits per heavy atom. The van der Waals surface area contributed by atoms with Gasteiger partial charge in [-0.15, -0.1) is 12.4 Å². The molecule has 0 atom stereocenters. The van der Waals surface area contributed by atoms with Gasteiger partial charge in [-0.05, 0) is 18.7 Å². The first kappa shape index (κ1) is 18.9. The number of hydrogen-bond donors (Lipinski definition) is 2. The van der Waals surface area contributed by atoms with Crippen molar-refractivity contribution in [3.05, 3.63) is 29.8 Å². The van der Waals surface area contributed by atoms with Crippen LogP contribution < -0.4 is 10.6 Å². The van der Waals surface area contributed by atoms with Crippen molar-refractivity contribution in [2.45, 2.75) is 18.7 Å². The van der Waals surface area contributed by atoms with Gasteiger partial charge in [0.15, 0.2) is 9.84 Å². The van der Waals surface area contributed by atoms with E-state index >= 15 is 0 Å². The van der Waals surface area contributed by atoms with Crippen molar-refractivity contribution >= 4 is 28.2 Å². The van der Waals surface area contributed by atoms with Crippen LogP contribution in [0.5, 0.6) is 0 Å². The normalized spacial score (nSPS) is 10.7. The molecular weight excluding hydrogens is 300 g/mol. The summed E-state index contributed by atoms with van der Waals surface area (Å²) in [5.41, 5.74) is 0.209. The molecule has 0 aliphatic carbocycles. The minimum atomic E-state index is -3.39. The van der Waals surface area contributed by atoms with Crippen molar-refractivity contribution in [1.29, 1.82) is 0 Å². The summed E-state index contributed by atoms with van der Waals surface area (Å²) in [6, 6.07) is 6.29. The molecule has 0 aliphatic heterocycles. The lowest BCUT2D eigenvalue weighted by Gasteiger charge is -2.10. The third kappa shape index (κ3) is 5.11. The molecule has 0 spiro atoms. The second-order valence-corrected chi connectivity index (χ2v) is 6.26. The van der Waals surface area contributed by atoms with Crippen molar-refractivity contribution in [2.24, 2.45) is 0 Å². The number of halogens is 1. The van der Waals surface area contributed by atoms with Gasteiger partial charge in [-0.25, -0.2) is 8.42 Å². The second kappa shape index (κ2) is 8.94. The average molecular weight is 321 g/mol. The van der Waals surface area contributed by atoms with Crippen LogP contribution in [0.4, 0.5) is 0 Å². The van der Waals surface area contributed by atoms with Crippen LogP contribution in [0.1, 0.15) is 24.2 Å². The molecule has 20 heavy (non-hydrogen) atoms. The third-order valence-corrected chi connectivity index (χ3v) is 4.47. The van der Waals surface area contributed by atoms with Crippen LogP contribution in [0, 0.1) is 0 Å². The van der Waals surface area contributed by atoms with Crippen molar-refractivity contribution < 1.29 is 13.2 Å². The summed E-state index contributed by atoms with van der Waals surface area (Å²) in [5, 5.41) is 5.78. The Bertz CT molecular complexity index is 532. The lowest BCUT2D eigenvalue weighted by molar-refractivity contribution is 0.0950. The highest BCUT2D eigenvalue weighted by Gasteiger charge is 2.19. The molecule has 0 aromatic heterocycles. The largest absolute Gasteiger partial charge is 0.351 e. The summed E-state index contributed by atoms with van der Waals surface area (Å²) in [6.07, 6.45) is 0. The Hall–Kier alpha value is -1.11. The van der Waals surface area contributed by atoms with Gasteiger partial charge in [0.05, 0.1) is 16.2 Å². The first-order valence-corrected chi connectivity index (χ1v) is 7.98. The van der Waals surface area contributed by atoms with Gasteiger partial charge in [-0.3, -0.25) is 4.79 Å². The van der Waals surface area contributed by atoms with Gasteiger partial charge in [-0.1, -0.05) is 26.0 Å². The molecule has 0 saturated heterocycles. The first-order valence-electron chi connectivity index (χ1n) is 6.33. The predicted molar refractivity (Wildman–Crippen MR) is 82.3 cm³/mol. The third-order valence-electron chi connectivity index (χ3n) is 2.68. The summed E-state index contributed by atoms with van der Waals surface area (Å²) in [6.45, 7) is 5.49. The lowest BCUT2D eigenvalue weighted by atomic mass is 10.2. The molecule has 0 bridgehead atoms. The lowest BCUT2D eigenvalue weighted by Crippen LogP contribution is -2.32. The number of benzene rings is 1. The molecule has 0 fully saturated rings. The van der Waals surface area contributed by atoms with E-state index in [1.807, 2.05) is 6.92 Å². The van der Waals surface area contributed by atoms with Crippen LogP contribution in [0.15, 0.2) is 29.2 Å². The highest BCUT2D eigenvalue weighted by atomic mass is 35.5. The molecule has 1 aromatic carbocycles. The van der Waals surface area contributed by atoms with E-state index in [0.717, 1.165) is 6.54 Å². The van der Waals surface area contributed by atoms with Gasteiger partial charge < -0.3 is 10.6 Å². The molecule has 114 valence electrons. The molecule has 0 heterocycles. The van der Waals surface area contributed by atoms with Gasteiger partial charge in [0, 0.05) is 13.1 Å². The Morgan fingerprint density at radius 1 is 1.15 bits per heavy atom. The maximum Gasteiger partial charge on any atom is 0.252 e. The SMILES string of the molecule is CCNCCNC(=O)c1ccccc1S(=O)(=O)CC.Cl. The van der Waals surface area contributed by atoms with E-state index in [1.165, 1.54) is 12.1 Å². The van der Waals surface area contributed by atoms with Crippen molar-refractivity contribution in [2.75, 3.05) is 25.4 Å². The highest BCUT2D eigenvalue weighted by molar-refractivity contribution is 7.91. The number of nitrogens with one attached hydrogen (secondary N) is 2. The number of likely N-dealkylation sites (N-methyl/N-ethyl adjacent to an activating group) is 1. The van der Waals surface area contributed by atoms with Crippen LogP contribution in [0.3, 0.4) is 0 Å². The molecule has 1 amide bonds. The minimum Gasteiger partial charge on any atom is -0.351 e. The quantitative estimate of drug-likeness (QED) is 0.741. The molecular formula is C13H21ClN2O3S. The van der Waals surface area contributed by atoms with E-state index < -0.39 is 9.84 Å². The topological polar surface area (TPSA) is 75.3 Å². The van der Waals surface area contributed by atoms with Crippen molar-refractivity contribution in [1.82, 2.24) is 10.6 Å². The Morgan fingerprint density at radius 3 is 2.40 bits per heavy atom. The van der Waals surface area contributed by atoms with E-state index in [0.29, 0.717) is 13.1 Å². The molecule has 0 aliphatic rings. The predicted octanol–water partition coefficient (Wildman–Crippen LogP) is 1.24. The maximum absolute atomic E-state index is 12.0. The first-order chi connectivity index (χ1) is 9.03. The van der Waals surface area contributed by atoms with Crippen LogP contribution >= 0.6 is 12.4 Å². The summed E-state index contributed by atoms with van der Waals surface area (Å²) in [5.74, 6) is -0.375. The smallest absolute Gasteiger partial charge is 0.252 e. The summed E-state index contributed by atoms with van der Waals surface area (Å²) >= 11 is 0. The molecule has 1 aromatic rings. The molecule has 7 heteroatoms. The van der Waals surface area contributed by atoms with Crippen LogP contribution in [-0.2, 0) is 9.84 Å². The molecule has 2 N–H and O–H groups in total. The van der Waals surface area contributed by atoms with Crippen molar-refractivity contribution in [3.8, 4) is 0 Å². The molecule has 0 unspecified atom stereocenters. The number of sulfone groups is 1. The number of carbonyl (C=O) groups excluding carboxylic acids is 1. The van der Waals surface area contributed by atoms with Gasteiger partial charge in [0.25, 0.3) is 5.91 Å². The van der Waals surface area contributed by atoms with Crippen LogP contribution in [0.2, 0.25) is 0 Å². The van der Waals surface area contributed by atoms with E-state index in [-0.39, 0.29) is 34.5 Å².